The Bertz CT molecular complexity index is 856. The zero-order chi connectivity index (χ0) is 20.9. The van der Waals surface area contributed by atoms with E-state index in [2.05, 4.69) is 10.2 Å². The van der Waals surface area contributed by atoms with Crippen LogP contribution in [0.1, 0.15) is 47.4 Å². The van der Waals surface area contributed by atoms with Gasteiger partial charge in [0.25, 0.3) is 5.91 Å². The molecule has 30 heavy (non-hydrogen) atoms. The SMILES string of the molecule is Cc1occc1C(=O)N1CCC(N2CCC[C@@H](C(=O)NCc3ccccc3)C2)CC1. The fourth-order valence-electron chi connectivity index (χ4n) is 4.69. The minimum absolute atomic E-state index is 0.0516. The van der Waals surface area contributed by atoms with Gasteiger partial charge in [-0.25, -0.2) is 0 Å². The predicted molar refractivity (Wildman–Crippen MR) is 115 cm³/mol. The van der Waals surface area contributed by atoms with Crippen LogP contribution < -0.4 is 5.32 Å². The molecule has 0 radical (unpaired) electrons. The summed E-state index contributed by atoms with van der Waals surface area (Å²) in [6.07, 6.45) is 5.50. The van der Waals surface area contributed by atoms with E-state index in [0.29, 0.717) is 23.9 Å². The standard InChI is InChI=1S/C24H31N3O3/c1-18-22(11-15-30-18)24(29)26-13-9-21(10-14-26)27-12-5-8-20(17-27)23(28)25-16-19-6-3-2-4-7-19/h2-4,6-7,11,15,20-21H,5,8-10,12-14,16-17H2,1H3,(H,25,28)/t20-/m1/s1. The number of likely N-dealkylation sites (tertiary alicyclic amines) is 2. The van der Waals surface area contributed by atoms with Gasteiger partial charge in [0.2, 0.25) is 5.91 Å². The lowest BCUT2D eigenvalue weighted by molar-refractivity contribution is -0.127. The van der Waals surface area contributed by atoms with Gasteiger partial charge in [-0.15, -0.1) is 0 Å². The van der Waals surface area contributed by atoms with Gasteiger partial charge < -0.3 is 14.6 Å². The lowest BCUT2D eigenvalue weighted by atomic mass is 9.93. The van der Waals surface area contributed by atoms with E-state index in [1.54, 1.807) is 12.3 Å². The van der Waals surface area contributed by atoms with Crippen LogP contribution in [0, 0.1) is 12.8 Å². The molecule has 2 aliphatic heterocycles. The summed E-state index contributed by atoms with van der Waals surface area (Å²) in [6, 6.07) is 12.3. The summed E-state index contributed by atoms with van der Waals surface area (Å²) in [4.78, 5) is 29.8. The van der Waals surface area contributed by atoms with Crippen molar-refractivity contribution in [2.24, 2.45) is 5.92 Å². The van der Waals surface area contributed by atoms with Gasteiger partial charge in [0.05, 0.1) is 17.7 Å². The van der Waals surface area contributed by atoms with Crippen molar-refractivity contribution in [2.75, 3.05) is 26.2 Å². The highest BCUT2D eigenvalue weighted by Crippen LogP contribution is 2.25. The van der Waals surface area contributed by atoms with Gasteiger partial charge >= 0.3 is 0 Å². The molecule has 0 unspecified atom stereocenters. The molecule has 2 amide bonds. The third kappa shape index (κ3) is 4.75. The summed E-state index contributed by atoms with van der Waals surface area (Å²) in [5.41, 5.74) is 1.80. The van der Waals surface area contributed by atoms with Crippen molar-refractivity contribution in [1.29, 1.82) is 0 Å². The van der Waals surface area contributed by atoms with E-state index in [1.807, 2.05) is 42.2 Å². The van der Waals surface area contributed by atoms with Gasteiger partial charge in [0, 0.05) is 32.2 Å². The molecule has 4 rings (SSSR count). The van der Waals surface area contributed by atoms with Crippen LogP contribution in [0.5, 0.6) is 0 Å². The molecule has 1 N–H and O–H groups in total. The lowest BCUT2D eigenvalue weighted by Crippen LogP contribution is -2.51. The highest BCUT2D eigenvalue weighted by molar-refractivity contribution is 5.95. The summed E-state index contributed by atoms with van der Waals surface area (Å²) in [5, 5.41) is 3.11. The third-order valence-electron chi connectivity index (χ3n) is 6.49. The number of nitrogens with one attached hydrogen (secondary N) is 1. The van der Waals surface area contributed by atoms with Crippen LogP contribution in [0.2, 0.25) is 0 Å². The Morgan fingerprint density at radius 3 is 2.53 bits per heavy atom. The van der Waals surface area contributed by atoms with Crippen LogP contribution in [0.25, 0.3) is 0 Å². The van der Waals surface area contributed by atoms with E-state index in [4.69, 9.17) is 4.42 Å². The Morgan fingerprint density at radius 2 is 1.83 bits per heavy atom. The van der Waals surface area contributed by atoms with Gasteiger partial charge in [-0.3, -0.25) is 14.5 Å². The second-order valence-corrected chi connectivity index (χ2v) is 8.45. The first-order chi connectivity index (χ1) is 14.6. The number of carbonyl (C=O) groups excluding carboxylic acids is 2. The number of furan rings is 1. The molecule has 2 saturated heterocycles. The summed E-state index contributed by atoms with van der Waals surface area (Å²) in [6.45, 7) is 5.80. The van der Waals surface area contributed by atoms with E-state index in [1.165, 1.54) is 0 Å². The number of carbonyl (C=O) groups is 2. The first-order valence-electron chi connectivity index (χ1n) is 11.0. The summed E-state index contributed by atoms with van der Waals surface area (Å²) < 4.78 is 5.28. The van der Waals surface area contributed by atoms with Crippen molar-refractivity contribution in [2.45, 2.75) is 45.2 Å². The van der Waals surface area contributed by atoms with Crippen LogP contribution in [0.4, 0.5) is 0 Å². The van der Waals surface area contributed by atoms with Gasteiger partial charge in [-0.1, -0.05) is 30.3 Å². The Labute approximate surface area is 178 Å². The second kappa shape index (κ2) is 9.47. The zero-order valence-corrected chi connectivity index (χ0v) is 17.7. The highest BCUT2D eigenvalue weighted by Gasteiger charge is 2.33. The second-order valence-electron chi connectivity index (χ2n) is 8.45. The van der Waals surface area contributed by atoms with Gasteiger partial charge in [0.1, 0.15) is 5.76 Å². The maximum atomic E-state index is 12.7. The molecule has 1 atom stereocenters. The summed E-state index contributed by atoms with van der Waals surface area (Å²) >= 11 is 0. The Morgan fingerprint density at radius 1 is 1.07 bits per heavy atom. The number of aryl methyl sites for hydroxylation is 1. The van der Waals surface area contributed by atoms with Crippen molar-refractivity contribution in [1.82, 2.24) is 15.1 Å². The van der Waals surface area contributed by atoms with Crippen LogP contribution in [0.15, 0.2) is 47.1 Å². The molecule has 0 saturated carbocycles. The number of hydrogen-bond acceptors (Lipinski definition) is 4. The molecular formula is C24H31N3O3. The van der Waals surface area contributed by atoms with E-state index in [0.717, 1.165) is 57.4 Å². The average Bonchev–Trinajstić information content (AvgIpc) is 3.23. The summed E-state index contributed by atoms with van der Waals surface area (Å²) in [7, 11) is 0. The molecule has 0 aliphatic carbocycles. The van der Waals surface area contributed by atoms with Gasteiger partial charge in [-0.2, -0.15) is 0 Å². The molecule has 6 heteroatoms. The number of benzene rings is 1. The molecule has 1 aromatic carbocycles. The highest BCUT2D eigenvalue weighted by atomic mass is 16.3. The van der Waals surface area contributed by atoms with Crippen molar-refractivity contribution < 1.29 is 14.0 Å². The van der Waals surface area contributed by atoms with E-state index in [-0.39, 0.29) is 17.7 Å². The maximum Gasteiger partial charge on any atom is 0.257 e. The normalized spacial score (nSPS) is 20.8. The molecule has 160 valence electrons. The minimum Gasteiger partial charge on any atom is -0.469 e. The molecule has 6 nitrogen and oxygen atoms in total. The van der Waals surface area contributed by atoms with E-state index < -0.39 is 0 Å². The maximum absolute atomic E-state index is 12.7. The molecule has 3 heterocycles. The smallest absolute Gasteiger partial charge is 0.257 e. The van der Waals surface area contributed by atoms with E-state index in [9.17, 15) is 9.59 Å². The van der Waals surface area contributed by atoms with E-state index >= 15 is 0 Å². The number of rotatable bonds is 5. The molecule has 2 aromatic rings. The van der Waals surface area contributed by atoms with Crippen LogP contribution >= 0.6 is 0 Å². The Kier molecular flexibility index (Phi) is 6.53. The fourth-order valence-corrected chi connectivity index (χ4v) is 4.69. The first kappa shape index (κ1) is 20.7. The van der Waals surface area contributed by atoms with Crippen molar-refractivity contribution >= 4 is 11.8 Å². The first-order valence-corrected chi connectivity index (χ1v) is 11.0. The topological polar surface area (TPSA) is 65.8 Å². The van der Waals surface area contributed by atoms with Crippen LogP contribution in [0.3, 0.4) is 0 Å². The lowest BCUT2D eigenvalue weighted by Gasteiger charge is -2.42. The number of amides is 2. The van der Waals surface area contributed by atoms with Crippen LogP contribution in [-0.2, 0) is 11.3 Å². The quantitative estimate of drug-likeness (QED) is 0.824. The van der Waals surface area contributed by atoms with Gasteiger partial charge in [0.15, 0.2) is 0 Å². The molecule has 2 aliphatic rings. The molecule has 2 fully saturated rings. The summed E-state index contributed by atoms with van der Waals surface area (Å²) in [5.74, 6) is 0.960. The van der Waals surface area contributed by atoms with Gasteiger partial charge in [-0.05, 0) is 50.8 Å². The minimum atomic E-state index is 0.0516. The molecule has 1 aromatic heterocycles. The number of nitrogens with zero attached hydrogens (tertiary/aromatic N) is 2. The fraction of sp³-hybridized carbons (Fsp3) is 0.500. The Balaban J connectivity index is 1.26. The van der Waals surface area contributed by atoms with Crippen LogP contribution in [-0.4, -0.2) is 53.8 Å². The molecular weight excluding hydrogens is 378 g/mol. The van der Waals surface area contributed by atoms with Crippen molar-refractivity contribution in [3.8, 4) is 0 Å². The zero-order valence-electron chi connectivity index (χ0n) is 17.7. The number of piperidine rings is 2. The number of hydrogen-bond donors (Lipinski definition) is 1. The van der Waals surface area contributed by atoms with Crippen molar-refractivity contribution in [3.05, 3.63) is 59.5 Å². The largest absolute Gasteiger partial charge is 0.469 e. The molecule has 0 spiro atoms. The third-order valence-corrected chi connectivity index (χ3v) is 6.49. The Hall–Kier alpha value is -2.60. The van der Waals surface area contributed by atoms with Crippen molar-refractivity contribution in [3.63, 3.8) is 0 Å². The monoisotopic (exact) mass is 409 g/mol. The predicted octanol–water partition coefficient (Wildman–Crippen LogP) is 3.22. The average molecular weight is 410 g/mol. The molecule has 0 bridgehead atoms.